The number of esters is 1. The number of hydrogen-bond donors (Lipinski definition) is 2. The molecule has 3 rings (SSSR count). The lowest BCUT2D eigenvalue weighted by Crippen LogP contribution is -2.71. The molecule has 0 radical (unpaired) electrons. The molecule has 3 amide bonds. The Balaban J connectivity index is 1.82. The Morgan fingerprint density at radius 2 is 2.09 bits per heavy atom. The number of nitrogens with one attached hydrogen (secondary N) is 1. The molecule has 1 aromatic heterocycles. The smallest absolute Gasteiger partial charge is 0.404 e. The van der Waals surface area contributed by atoms with E-state index in [4.69, 9.17) is 24.5 Å². The minimum Gasteiger partial charge on any atom is -0.462 e. The average molecular weight is 480 g/mol. The number of amides is 3. The summed E-state index contributed by atoms with van der Waals surface area (Å²) in [6.07, 6.45) is 0.357. The molecule has 3 N–H and O–H groups in total. The Morgan fingerprint density at radius 3 is 2.67 bits per heavy atom. The summed E-state index contributed by atoms with van der Waals surface area (Å²) in [6.45, 7) is 4.79. The Kier molecular flexibility index (Phi) is 7.01. The third kappa shape index (κ3) is 5.30. The van der Waals surface area contributed by atoms with Crippen molar-refractivity contribution in [2.24, 2.45) is 10.9 Å². The highest BCUT2D eigenvalue weighted by molar-refractivity contribution is 8.00. The Labute approximate surface area is 193 Å². The lowest BCUT2D eigenvalue weighted by Gasteiger charge is -2.49. The van der Waals surface area contributed by atoms with E-state index in [9.17, 15) is 19.2 Å². The van der Waals surface area contributed by atoms with E-state index in [0.717, 1.165) is 0 Å². The minimum atomic E-state index is -1.01. The molecule has 0 spiro atoms. The molecule has 2 atom stereocenters. The van der Waals surface area contributed by atoms with Crippen LogP contribution in [0.5, 0.6) is 0 Å². The number of primary amides is 1. The fourth-order valence-corrected chi connectivity index (χ4v) is 4.51. The summed E-state index contributed by atoms with van der Waals surface area (Å²) >= 11 is 1.29. The van der Waals surface area contributed by atoms with Gasteiger partial charge in [-0.25, -0.2) is 9.59 Å². The first kappa shape index (κ1) is 24.2. The first-order valence-electron chi connectivity index (χ1n) is 9.81. The monoisotopic (exact) mass is 480 g/mol. The highest BCUT2D eigenvalue weighted by Gasteiger charge is 2.55. The van der Waals surface area contributed by atoms with Crippen LogP contribution in [-0.2, 0) is 28.7 Å². The van der Waals surface area contributed by atoms with Gasteiger partial charge in [-0.2, -0.15) is 0 Å². The van der Waals surface area contributed by atoms with Gasteiger partial charge in [-0.1, -0.05) is 5.16 Å². The molecule has 12 nitrogen and oxygen atoms in total. The molecule has 3 heterocycles. The third-order valence-electron chi connectivity index (χ3n) is 4.47. The second-order valence-electron chi connectivity index (χ2n) is 8.02. The third-order valence-corrected chi connectivity index (χ3v) is 5.81. The Hall–Kier alpha value is -3.48. The van der Waals surface area contributed by atoms with Gasteiger partial charge in [0, 0.05) is 11.3 Å². The number of hydrogen-bond acceptors (Lipinski definition) is 10. The van der Waals surface area contributed by atoms with Gasteiger partial charge in [-0.05, 0) is 32.9 Å². The van der Waals surface area contributed by atoms with Gasteiger partial charge in [0.2, 0.25) is 5.71 Å². The molecular weight excluding hydrogens is 456 g/mol. The highest BCUT2D eigenvalue weighted by atomic mass is 32.2. The van der Waals surface area contributed by atoms with Crippen LogP contribution in [0.2, 0.25) is 0 Å². The largest absolute Gasteiger partial charge is 0.462 e. The van der Waals surface area contributed by atoms with E-state index in [1.165, 1.54) is 36.1 Å². The van der Waals surface area contributed by atoms with Gasteiger partial charge >= 0.3 is 12.1 Å². The standard InChI is InChI=1S/C20H24N4O8S/c1-20(2,3)32-18(27)14-10(8-31-19(21)28)9-33-17-13(16(26)24(14)17)22-15(25)12(23-29-4)11-6-5-7-30-11/h5-7,13,17H,8-9H2,1-4H3,(H2,21,28)(H,22,25)/t13-,17-/m1/s1. The zero-order valence-electron chi connectivity index (χ0n) is 18.4. The predicted octanol–water partition coefficient (Wildman–Crippen LogP) is 0.721. The number of thioether (sulfide) groups is 1. The molecule has 13 heteroatoms. The molecule has 2 aliphatic heterocycles. The van der Waals surface area contributed by atoms with E-state index in [0.29, 0.717) is 5.57 Å². The molecular formula is C20H24N4O8S. The molecule has 0 unspecified atom stereocenters. The number of carbonyl (C=O) groups is 4. The lowest BCUT2D eigenvalue weighted by atomic mass is 10.0. The van der Waals surface area contributed by atoms with Crippen LogP contribution in [0.15, 0.2) is 39.2 Å². The Bertz CT molecular complexity index is 1010. The maximum absolute atomic E-state index is 13.0. The van der Waals surface area contributed by atoms with E-state index >= 15 is 0 Å². The zero-order valence-corrected chi connectivity index (χ0v) is 19.3. The summed E-state index contributed by atoms with van der Waals surface area (Å²) < 4.78 is 15.5. The van der Waals surface area contributed by atoms with Crippen LogP contribution in [0, 0.1) is 0 Å². The van der Waals surface area contributed by atoms with Gasteiger partial charge < -0.3 is 29.8 Å². The van der Waals surface area contributed by atoms with E-state index in [-0.39, 0.29) is 29.5 Å². The van der Waals surface area contributed by atoms with Crippen molar-refractivity contribution >= 4 is 41.4 Å². The number of rotatable bonds is 7. The summed E-state index contributed by atoms with van der Waals surface area (Å²) in [6, 6.07) is 2.17. The van der Waals surface area contributed by atoms with Crippen molar-refractivity contribution in [3.63, 3.8) is 0 Å². The molecule has 0 aromatic carbocycles. The second-order valence-corrected chi connectivity index (χ2v) is 9.13. The molecule has 2 aliphatic rings. The highest BCUT2D eigenvalue weighted by Crippen LogP contribution is 2.41. The van der Waals surface area contributed by atoms with Crippen LogP contribution in [0.25, 0.3) is 0 Å². The van der Waals surface area contributed by atoms with Crippen LogP contribution < -0.4 is 11.1 Å². The summed E-state index contributed by atoms with van der Waals surface area (Å²) in [5.74, 6) is -1.55. The summed E-state index contributed by atoms with van der Waals surface area (Å²) in [5.41, 5.74) is 4.42. The minimum absolute atomic E-state index is 0.0257. The maximum atomic E-state index is 13.0. The van der Waals surface area contributed by atoms with Gasteiger partial charge in [0.15, 0.2) is 5.76 Å². The first-order valence-corrected chi connectivity index (χ1v) is 10.9. The van der Waals surface area contributed by atoms with Crippen molar-refractivity contribution in [3.05, 3.63) is 35.4 Å². The number of carbonyl (C=O) groups excluding carboxylic acids is 4. The van der Waals surface area contributed by atoms with Crippen molar-refractivity contribution in [3.8, 4) is 0 Å². The molecule has 33 heavy (non-hydrogen) atoms. The maximum Gasteiger partial charge on any atom is 0.404 e. The number of nitrogens with zero attached hydrogens (tertiary/aromatic N) is 2. The number of nitrogens with two attached hydrogens (primary N) is 1. The second kappa shape index (κ2) is 9.57. The molecule has 1 aromatic rings. The van der Waals surface area contributed by atoms with Crippen molar-refractivity contribution in [1.82, 2.24) is 10.2 Å². The lowest BCUT2D eigenvalue weighted by molar-refractivity contribution is -0.158. The molecule has 0 aliphatic carbocycles. The topological polar surface area (TPSA) is 163 Å². The normalized spacial score (nSPS) is 20.5. The molecule has 178 valence electrons. The Morgan fingerprint density at radius 1 is 1.36 bits per heavy atom. The van der Waals surface area contributed by atoms with Crippen LogP contribution in [0.3, 0.4) is 0 Å². The van der Waals surface area contributed by atoms with Gasteiger partial charge in [-0.3, -0.25) is 14.5 Å². The van der Waals surface area contributed by atoms with E-state index in [2.05, 4.69) is 10.5 Å². The quantitative estimate of drug-likeness (QED) is 0.248. The number of ether oxygens (including phenoxy) is 2. The van der Waals surface area contributed by atoms with Gasteiger partial charge in [0.05, 0.1) is 6.26 Å². The zero-order chi connectivity index (χ0) is 24.3. The van der Waals surface area contributed by atoms with E-state index < -0.39 is 40.9 Å². The number of fused-ring (bicyclic) bond motifs is 1. The fourth-order valence-electron chi connectivity index (χ4n) is 3.18. The summed E-state index contributed by atoms with van der Waals surface area (Å²) in [4.78, 5) is 55.6. The van der Waals surface area contributed by atoms with Gasteiger partial charge in [0.25, 0.3) is 11.8 Å². The molecule has 0 saturated carbocycles. The van der Waals surface area contributed by atoms with Gasteiger partial charge in [-0.15, -0.1) is 11.8 Å². The van der Waals surface area contributed by atoms with Crippen molar-refractivity contribution in [1.29, 1.82) is 0 Å². The SMILES string of the molecule is CON=C(C(=O)N[C@@H]1C(=O)N2C(C(=O)OC(C)(C)C)=C(COC(N)=O)CS[C@H]12)c1ccco1. The summed E-state index contributed by atoms with van der Waals surface area (Å²) in [5, 5.41) is 5.71. The summed E-state index contributed by atoms with van der Waals surface area (Å²) in [7, 11) is 1.27. The van der Waals surface area contributed by atoms with Crippen LogP contribution in [0.4, 0.5) is 4.79 Å². The van der Waals surface area contributed by atoms with Crippen molar-refractivity contribution < 1.29 is 37.9 Å². The van der Waals surface area contributed by atoms with Crippen LogP contribution >= 0.6 is 11.8 Å². The van der Waals surface area contributed by atoms with E-state index in [1.807, 2.05) is 0 Å². The van der Waals surface area contributed by atoms with Crippen molar-refractivity contribution in [2.75, 3.05) is 19.5 Å². The number of β-lactam (4-membered cyclic amide) rings is 1. The molecule has 0 bridgehead atoms. The molecule has 1 saturated heterocycles. The fraction of sp³-hybridized carbons (Fsp3) is 0.450. The van der Waals surface area contributed by atoms with Gasteiger partial charge in [0.1, 0.15) is 36.4 Å². The predicted molar refractivity (Wildman–Crippen MR) is 116 cm³/mol. The number of furan rings is 1. The van der Waals surface area contributed by atoms with E-state index in [1.54, 1.807) is 26.8 Å². The van der Waals surface area contributed by atoms with Crippen LogP contribution in [-0.4, -0.2) is 71.0 Å². The van der Waals surface area contributed by atoms with Crippen LogP contribution in [0.1, 0.15) is 26.5 Å². The first-order chi connectivity index (χ1) is 15.5. The molecule has 1 fully saturated rings. The average Bonchev–Trinajstić information content (AvgIpc) is 3.26. The van der Waals surface area contributed by atoms with Crippen molar-refractivity contribution in [2.45, 2.75) is 37.8 Å². The number of oxime groups is 1.